The van der Waals surface area contributed by atoms with Crippen LogP contribution in [-0.4, -0.2) is 40.9 Å². The molecule has 1 fully saturated rings. The number of rotatable bonds is 4. The Bertz CT molecular complexity index is 901. The van der Waals surface area contributed by atoms with Crippen LogP contribution >= 0.6 is 0 Å². The summed E-state index contributed by atoms with van der Waals surface area (Å²) in [5, 5.41) is 15.0. The molecule has 1 aromatic carbocycles. The molecule has 2 heterocycles. The number of hydrogen-bond donors (Lipinski definition) is 1. The van der Waals surface area contributed by atoms with Crippen LogP contribution in [0.2, 0.25) is 0 Å². The van der Waals surface area contributed by atoms with E-state index in [1.54, 1.807) is 49.2 Å². The maximum atomic E-state index is 14.5. The molecule has 9 heteroatoms. The molecule has 1 aliphatic rings. The number of nitrogens with zero attached hydrogens (tertiary/aromatic N) is 5. The molecule has 1 aromatic heterocycles. The highest BCUT2D eigenvalue weighted by molar-refractivity contribution is 5.90. The van der Waals surface area contributed by atoms with E-state index < -0.39 is 18.0 Å². The highest BCUT2D eigenvalue weighted by Gasteiger charge is 2.32. The van der Waals surface area contributed by atoms with Gasteiger partial charge in [0.15, 0.2) is 6.19 Å². The molecule has 8 nitrogen and oxygen atoms in total. The lowest BCUT2D eigenvalue weighted by atomic mass is 10.1. The number of carbonyl (C=O) groups is 1. The summed E-state index contributed by atoms with van der Waals surface area (Å²) >= 11 is 0. The van der Waals surface area contributed by atoms with Gasteiger partial charge < -0.3 is 4.74 Å². The maximum absolute atomic E-state index is 14.5. The number of benzene rings is 1. The Morgan fingerprint density at radius 3 is 3.00 bits per heavy atom. The van der Waals surface area contributed by atoms with Gasteiger partial charge in [-0.2, -0.15) is 10.4 Å². The Labute approximate surface area is 149 Å². The normalized spacial score (nSPS) is 17.2. The second-order valence-electron chi connectivity index (χ2n) is 5.78. The first-order valence-corrected chi connectivity index (χ1v) is 7.92. The third-order valence-electron chi connectivity index (χ3n) is 4.00. The van der Waals surface area contributed by atoms with Gasteiger partial charge in [-0.15, -0.1) is 0 Å². The van der Waals surface area contributed by atoms with Crippen LogP contribution in [0.5, 0.6) is 0 Å². The van der Waals surface area contributed by atoms with Gasteiger partial charge in [-0.25, -0.2) is 9.18 Å². The van der Waals surface area contributed by atoms with E-state index in [2.05, 4.69) is 15.4 Å². The largest absolute Gasteiger partial charge is 0.442 e. The number of amidine groups is 1. The molecule has 1 saturated heterocycles. The summed E-state index contributed by atoms with van der Waals surface area (Å²) in [5.74, 6) is -0.0111. The van der Waals surface area contributed by atoms with Gasteiger partial charge in [0.05, 0.1) is 24.5 Å². The average molecular weight is 356 g/mol. The SMILES string of the molecule is CC(=NC[C@H]1CN(c2ccc(-c3ccnn3C)c(F)c2)C(=O)O1)NC#N. The van der Waals surface area contributed by atoms with Crippen LogP contribution in [0, 0.1) is 17.3 Å². The zero-order valence-electron chi connectivity index (χ0n) is 14.3. The molecule has 1 N–H and O–H groups in total. The molecule has 134 valence electrons. The number of aliphatic imine (C=N–C) groups is 1. The number of nitrogens with one attached hydrogen (secondary N) is 1. The Hall–Kier alpha value is -3.41. The highest BCUT2D eigenvalue weighted by atomic mass is 19.1. The second-order valence-corrected chi connectivity index (χ2v) is 5.78. The fourth-order valence-corrected chi connectivity index (χ4v) is 2.70. The first-order chi connectivity index (χ1) is 12.5. The first-order valence-electron chi connectivity index (χ1n) is 7.92. The van der Waals surface area contributed by atoms with Gasteiger partial charge in [0.2, 0.25) is 0 Å². The van der Waals surface area contributed by atoms with E-state index in [-0.39, 0.29) is 13.1 Å². The molecule has 0 bridgehead atoms. The van der Waals surface area contributed by atoms with Crippen molar-refractivity contribution in [2.75, 3.05) is 18.0 Å². The van der Waals surface area contributed by atoms with Gasteiger partial charge in [0.1, 0.15) is 17.8 Å². The van der Waals surface area contributed by atoms with E-state index >= 15 is 0 Å². The van der Waals surface area contributed by atoms with Crippen molar-refractivity contribution < 1.29 is 13.9 Å². The quantitative estimate of drug-likeness (QED) is 0.391. The van der Waals surface area contributed by atoms with E-state index in [1.807, 2.05) is 0 Å². The Morgan fingerprint density at radius 2 is 2.35 bits per heavy atom. The third kappa shape index (κ3) is 3.49. The predicted molar refractivity (Wildman–Crippen MR) is 92.9 cm³/mol. The minimum absolute atomic E-state index is 0.221. The van der Waals surface area contributed by atoms with Gasteiger partial charge in [0.25, 0.3) is 0 Å². The number of aryl methyl sites for hydroxylation is 1. The molecule has 0 saturated carbocycles. The van der Waals surface area contributed by atoms with Crippen molar-refractivity contribution in [3.63, 3.8) is 0 Å². The molecular formula is C17H17FN6O2. The predicted octanol–water partition coefficient (Wildman–Crippen LogP) is 2.04. The zero-order chi connectivity index (χ0) is 18.7. The molecule has 1 aliphatic heterocycles. The molecule has 0 spiro atoms. The van der Waals surface area contributed by atoms with Crippen molar-refractivity contribution in [3.05, 3.63) is 36.3 Å². The molecule has 0 radical (unpaired) electrons. The number of amides is 1. The van der Waals surface area contributed by atoms with Crippen molar-refractivity contribution in [1.82, 2.24) is 15.1 Å². The first kappa shape index (κ1) is 17.4. The van der Waals surface area contributed by atoms with Crippen LogP contribution in [-0.2, 0) is 11.8 Å². The van der Waals surface area contributed by atoms with Crippen molar-refractivity contribution >= 4 is 17.6 Å². The molecule has 2 aromatic rings. The lowest BCUT2D eigenvalue weighted by Crippen LogP contribution is -2.25. The summed E-state index contributed by atoms with van der Waals surface area (Å²) in [6.45, 7) is 2.12. The van der Waals surface area contributed by atoms with Gasteiger partial charge >= 0.3 is 6.09 Å². The van der Waals surface area contributed by atoms with Crippen LogP contribution in [0.25, 0.3) is 11.3 Å². The van der Waals surface area contributed by atoms with E-state index in [0.29, 0.717) is 22.8 Å². The zero-order valence-corrected chi connectivity index (χ0v) is 14.3. The molecule has 0 aliphatic carbocycles. The topological polar surface area (TPSA) is 95.5 Å². The fraction of sp³-hybridized carbons (Fsp3) is 0.294. The van der Waals surface area contributed by atoms with Crippen LogP contribution in [0.15, 0.2) is 35.5 Å². The lowest BCUT2D eigenvalue weighted by molar-refractivity contribution is 0.145. The summed E-state index contributed by atoms with van der Waals surface area (Å²) < 4.78 is 21.4. The van der Waals surface area contributed by atoms with E-state index in [1.165, 1.54) is 11.0 Å². The number of anilines is 1. The maximum Gasteiger partial charge on any atom is 0.414 e. The number of halogens is 1. The molecule has 1 atom stereocenters. The molecule has 0 unspecified atom stereocenters. The van der Waals surface area contributed by atoms with E-state index in [4.69, 9.17) is 10.00 Å². The van der Waals surface area contributed by atoms with Crippen molar-refractivity contribution in [2.24, 2.45) is 12.0 Å². The molecular weight excluding hydrogens is 339 g/mol. The standard InChI is InChI=1S/C17H17FN6O2/c1-11(21-10-19)20-8-13-9-24(17(25)26-13)12-3-4-14(15(18)7-12)16-5-6-22-23(16)2/h3-7,13H,8-9H2,1-2H3,(H,20,21)/t13-/m0/s1. The Morgan fingerprint density at radius 1 is 1.54 bits per heavy atom. The van der Waals surface area contributed by atoms with Gasteiger partial charge in [-0.1, -0.05) is 0 Å². The molecule has 1 amide bonds. The Balaban J connectivity index is 1.74. The highest BCUT2D eigenvalue weighted by Crippen LogP contribution is 2.28. The molecule has 26 heavy (non-hydrogen) atoms. The minimum atomic E-state index is -0.552. The van der Waals surface area contributed by atoms with Gasteiger partial charge in [0, 0.05) is 18.8 Å². The smallest absolute Gasteiger partial charge is 0.414 e. The summed E-state index contributed by atoms with van der Waals surface area (Å²) in [4.78, 5) is 17.6. The summed E-state index contributed by atoms with van der Waals surface area (Å²) in [7, 11) is 1.73. The van der Waals surface area contributed by atoms with E-state index in [9.17, 15) is 9.18 Å². The number of aromatic nitrogens is 2. The number of nitriles is 1. The number of ether oxygens (including phenoxy) is 1. The van der Waals surface area contributed by atoms with Crippen LogP contribution < -0.4 is 10.2 Å². The van der Waals surface area contributed by atoms with Crippen molar-refractivity contribution in [2.45, 2.75) is 13.0 Å². The van der Waals surface area contributed by atoms with Gasteiger partial charge in [-0.05, 0) is 31.2 Å². The lowest BCUT2D eigenvalue weighted by Gasteiger charge is -2.14. The van der Waals surface area contributed by atoms with Crippen LogP contribution in [0.1, 0.15) is 6.92 Å². The van der Waals surface area contributed by atoms with Crippen LogP contribution in [0.3, 0.4) is 0 Å². The van der Waals surface area contributed by atoms with Crippen molar-refractivity contribution in [3.8, 4) is 17.5 Å². The third-order valence-corrected chi connectivity index (χ3v) is 4.00. The fourth-order valence-electron chi connectivity index (χ4n) is 2.70. The number of cyclic esters (lactones) is 1. The summed E-state index contributed by atoms with van der Waals surface area (Å²) in [5.41, 5.74) is 1.46. The Kier molecular flexibility index (Phi) is 4.84. The minimum Gasteiger partial charge on any atom is -0.442 e. The second kappa shape index (κ2) is 7.23. The van der Waals surface area contributed by atoms with Gasteiger partial charge in [-0.3, -0.25) is 19.9 Å². The average Bonchev–Trinajstić information content (AvgIpc) is 3.19. The van der Waals surface area contributed by atoms with Crippen LogP contribution in [0.4, 0.5) is 14.9 Å². The number of hydrogen-bond acceptors (Lipinski definition) is 5. The van der Waals surface area contributed by atoms with E-state index in [0.717, 1.165) is 0 Å². The van der Waals surface area contributed by atoms with Crippen molar-refractivity contribution in [1.29, 1.82) is 5.26 Å². The summed E-state index contributed by atoms with van der Waals surface area (Å²) in [6.07, 6.45) is 2.35. The number of carbonyl (C=O) groups excluding carboxylic acids is 1. The summed E-state index contributed by atoms with van der Waals surface area (Å²) in [6, 6.07) is 6.30. The monoisotopic (exact) mass is 356 g/mol. The molecule has 3 rings (SSSR count).